The van der Waals surface area contributed by atoms with E-state index < -0.39 is 5.97 Å². The first-order valence-corrected chi connectivity index (χ1v) is 6.59. The maximum atomic E-state index is 11.9. The topological polar surface area (TPSA) is 87.3 Å². The summed E-state index contributed by atoms with van der Waals surface area (Å²) < 4.78 is 10.0. The van der Waals surface area contributed by atoms with Crippen molar-refractivity contribution in [2.45, 2.75) is 6.92 Å². The van der Waals surface area contributed by atoms with Crippen molar-refractivity contribution < 1.29 is 14.3 Å². The average molecular weight is 308 g/mol. The van der Waals surface area contributed by atoms with Gasteiger partial charge >= 0.3 is 5.97 Å². The number of nitrogens with two attached hydrogens (primary N) is 1. The van der Waals surface area contributed by atoms with E-state index in [0.29, 0.717) is 16.4 Å². The number of aromatic nitrogens is 2. The zero-order chi connectivity index (χ0) is 15.4. The zero-order valence-corrected chi connectivity index (χ0v) is 12.3. The highest BCUT2D eigenvalue weighted by Gasteiger charge is 2.21. The Morgan fingerprint density at radius 1 is 1.29 bits per heavy atom. The molecule has 0 saturated carbocycles. The molecule has 2 aromatic rings. The normalized spacial score (nSPS) is 10.2. The standard InChI is InChI=1S/C14H14ClN3O3/c1-3-21-14(19)10-11(20-2)12(16)18-13(17-10)8-4-6-9(15)7-5-8/h4-7H,3H2,1-2H3,(H2,16,17,18). The van der Waals surface area contributed by atoms with Crippen LogP contribution in [0.1, 0.15) is 17.4 Å². The van der Waals surface area contributed by atoms with Crippen molar-refractivity contribution in [3.63, 3.8) is 0 Å². The van der Waals surface area contributed by atoms with Crippen molar-refractivity contribution >= 4 is 23.4 Å². The molecule has 2 N–H and O–H groups in total. The summed E-state index contributed by atoms with van der Waals surface area (Å²) >= 11 is 5.84. The first kappa shape index (κ1) is 15.1. The van der Waals surface area contributed by atoms with Crippen LogP contribution in [-0.2, 0) is 4.74 Å². The van der Waals surface area contributed by atoms with Gasteiger partial charge < -0.3 is 15.2 Å². The molecule has 21 heavy (non-hydrogen) atoms. The molecule has 0 aliphatic heterocycles. The number of methoxy groups -OCH3 is 1. The Labute approximate surface area is 126 Å². The van der Waals surface area contributed by atoms with Crippen molar-refractivity contribution in [3.8, 4) is 17.1 Å². The van der Waals surface area contributed by atoms with Crippen LogP contribution < -0.4 is 10.5 Å². The molecule has 1 aromatic heterocycles. The number of rotatable bonds is 4. The molecular formula is C14H14ClN3O3. The first-order chi connectivity index (χ1) is 10.1. The quantitative estimate of drug-likeness (QED) is 0.873. The lowest BCUT2D eigenvalue weighted by Gasteiger charge is -2.11. The van der Waals surface area contributed by atoms with Crippen molar-refractivity contribution in [2.75, 3.05) is 19.5 Å². The van der Waals surface area contributed by atoms with Crippen LogP contribution in [0.3, 0.4) is 0 Å². The molecule has 0 atom stereocenters. The molecule has 6 nitrogen and oxygen atoms in total. The molecule has 0 aliphatic rings. The molecule has 0 spiro atoms. The number of hydrogen-bond donors (Lipinski definition) is 1. The van der Waals surface area contributed by atoms with Crippen molar-refractivity contribution in [1.82, 2.24) is 9.97 Å². The van der Waals surface area contributed by atoms with Gasteiger partial charge in [-0.2, -0.15) is 0 Å². The lowest BCUT2D eigenvalue weighted by molar-refractivity contribution is 0.0515. The molecule has 0 fully saturated rings. The van der Waals surface area contributed by atoms with Crippen LogP contribution in [0.25, 0.3) is 11.4 Å². The Bertz CT molecular complexity index is 659. The number of hydrogen-bond acceptors (Lipinski definition) is 6. The summed E-state index contributed by atoms with van der Waals surface area (Å²) in [5.41, 5.74) is 6.50. The van der Waals surface area contributed by atoms with Gasteiger partial charge in [-0.25, -0.2) is 14.8 Å². The lowest BCUT2D eigenvalue weighted by atomic mass is 10.2. The van der Waals surface area contributed by atoms with E-state index in [2.05, 4.69) is 9.97 Å². The molecule has 0 bridgehead atoms. The van der Waals surface area contributed by atoms with Gasteiger partial charge in [-0.1, -0.05) is 11.6 Å². The van der Waals surface area contributed by atoms with Crippen LogP contribution in [0.4, 0.5) is 5.82 Å². The Balaban J connectivity index is 2.54. The molecule has 0 radical (unpaired) electrons. The van der Waals surface area contributed by atoms with E-state index in [0.717, 1.165) is 0 Å². The van der Waals surface area contributed by atoms with Gasteiger partial charge in [0.2, 0.25) is 0 Å². The van der Waals surface area contributed by atoms with Crippen molar-refractivity contribution in [2.24, 2.45) is 0 Å². The number of ether oxygens (including phenoxy) is 2. The lowest BCUT2D eigenvalue weighted by Crippen LogP contribution is -2.13. The molecule has 1 aromatic carbocycles. The van der Waals surface area contributed by atoms with Crippen LogP contribution in [-0.4, -0.2) is 29.7 Å². The summed E-state index contributed by atoms with van der Waals surface area (Å²) in [5, 5.41) is 0.589. The van der Waals surface area contributed by atoms with E-state index in [4.69, 9.17) is 26.8 Å². The number of carbonyl (C=O) groups excluding carboxylic acids is 1. The van der Waals surface area contributed by atoms with Crippen LogP contribution in [0.2, 0.25) is 5.02 Å². The van der Waals surface area contributed by atoms with Crippen molar-refractivity contribution in [1.29, 1.82) is 0 Å². The van der Waals surface area contributed by atoms with Gasteiger partial charge in [-0.05, 0) is 31.2 Å². The molecular weight excluding hydrogens is 294 g/mol. The number of nitrogens with zero attached hydrogens (tertiary/aromatic N) is 2. The third-order valence-corrected chi connectivity index (χ3v) is 2.92. The number of benzene rings is 1. The monoisotopic (exact) mass is 307 g/mol. The highest BCUT2D eigenvalue weighted by Crippen LogP contribution is 2.28. The minimum atomic E-state index is -0.612. The summed E-state index contributed by atoms with van der Waals surface area (Å²) in [6.45, 7) is 1.93. The predicted octanol–water partition coefficient (Wildman–Crippen LogP) is 2.56. The highest BCUT2D eigenvalue weighted by molar-refractivity contribution is 6.30. The second-order valence-corrected chi connectivity index (χ2v) is 4.48. The number of nitrogen functional groups attached to an aromatic ring is 1. The second-order valence-electron chi connectivity index (χ2n) is 4.04. The fraction of sp³-hybridized carbons (Fsp3) is 0.214. The highest BCUT2D eigenvalue weighted by atomic mass is 35.5. The molecule has 7 heteroatoms. The molecule has 0 amide bonds. The molecule has 0 aliphatic carbocycles. The van der Waals surface area contributed by atoms with E-state index in [-0.39, 0.29) is 23.9 Å². The van der Waals surface area contributed by atoms with Crippen LogP contribution in [0, 0.1) is 0 Å². The van der Waals surface area contributed by atoms with E-state index in [1.807, 2.05) is 0 Å². The SMILES string of the molecule is CCOC(=O)c1nc(-c2ccc(Cl)cc2)nc(N)c1OC. The van der Waals surface area contributed by atoms with Crippen LogP contribution in [0.5, 0.6) is 5.75 Å². The molecule has 0 saturated heterocycles. The van der Waals surface area contributed by atoms with Crippen molar-refractivity contribution in [3.05, 3.63) is 35.0 Å². The number of esters is 1. The number of halogens is 1. The van der Waals surface area contributed by atoms with Gasteiger partial charge in [0.1, 0.15) is 0 Å². The smallest absolute Gasteiger partial charge is 0.361 e. The largest absolute Gasteiger partial charge is 0.491 e. The minimum absolute atomic E-state index is 0.00296. The molecule has 0 unspecified atom stereocenters. The van der Waals surface area contributed by atoms with Gasteiger partial charge in [-0.15, -0.1) is 0 Å². The summed E-state index contributed by atoms with van der Waals surface area (Å²) in [6, 6.07) is 6.87. The van der Waals surface area contributed by atoms with Crippen LogP contribution >= 0.6 is 11.6 Å². The number of carbonyl (C=O) groups is 1. The molecule has 110 valence electrons. The molecule has 1 heterocycles. The Morgan fingerprint density at radius 3 is 2.52 bits per heavy atom. The first-order valence-electron chi connectivity index (χ1n) is 6.21. The maximum absolute atomic E-state index is 11.9. The summed E-state index contributed by atoms with van der Waals surface area (Å²) in [7, 11) is 1.39. The van der Waals surface area contributed by atoms with E-state index in [1.54, 1.807) is 31.2 Å². The fourth-order valence-electron chi connectivity index (χ4n) is 1.73. The number of anilines is 1. The fourth-order valence-corrected chi connectivity index (χ4v) is 1.86. The van der Waals surface area contributed by atoms with Gasteiger partial charge in [0.15, 0.2) is 23.1 Å². The Morgan fingerprint density at radius 2 is 1.95 bits per heavy atom. The van der Waals surface area contributed by atoms with E-state index in [9.17, 15) is 4.79 Å². The van der Waals surface area contributed by atoms with Gasteiger partial charge in [0.25, 0.3) is 0 Å². The van der Waals surface area contributed by atoms with Crippen LogP contribution in [0.15, 0.2) is 24.3 Å². The zero-order valence-electron chi connectivity index (χ0n) is 11.6. The Kier molecular flexibility index (Phi) is 4.59. The average Bonchev–Trinajstić information content (AvgIpc) is 2.47. The van der Waals surface area contributed by atoms with E-state index >= 15 is 0 Å². The van der Waals surface area contributed by atoms with Gasteiger partial charge in [0.05, 0.1) is 13.7 Å². The third-order valence-electron chi connectivity index (χ3n) is 2.67. The minimum Gasteiger partial charge on any atom is -0.491 e. The van der Waals surface area contributed by atoms with E-state index in [1.165, 1.54) is 7.11 Å². The maximum Gasteiger partial charge on any atom is 0.361 e. The Hall–Kier alpha value is -2.34. The summed E-state index contributed by atoms with van der Waals surface area (Å²) in [6.07, 6.45) is 0. The van der Waals surface area contributed by atoms with Gasteiger partial charge in [0, 0.05) is 10.6 Å². The second kappa shape index (κ2) is 6.41. The third kappa shape index (κ3) is 3.22. The van der Waals surface area contributed by atoms with Gasteiger partial charge in [-0.3, -0.25) is 0 Å². The summed E-state index contributed by atoms with van der Waals surface area (Å²) in [5.74, 6) is -0.140. The summed E-state index contributed by atoms with van der Waals surface area (Å²) in [4.78, 5) is 20.3. The predicted molar refractivity (Wildman–Crippen MR) is 79.4 cm³/mol. The molecule has 2 rings (SSSR count).